The van der Waals surface area contributed by atoms with E-state index in [9.17, 15) is 4.79 Å². The van der Waals surface area contributed by atoms with E-state index in [4.69, 9.17) is 5.11 Å². The zero-order valence-corrected chi connectivity index (χ0v) is 6.47. The van der Waals surface area contributed by atoms with Crippen LogP contribution in [0.1, 0.15) is 34.9 Å². The molecule has 1 aliphatic rings. The number of hydrogen-bond donors (Lipinski definition) is 1. The lowest BCUT2D eigenvalue weighted by Crippen LogP contribution is -2.00. The van der Waals surface area contributed by atoms with Crippen molar-refractivity contribution in [2.75, 3.05) is 0 Å². The summed E-state index contributed by atoms with van der Waals surface area (Å²) in [4.78, 5) is 10.5. The molecule has 1 heterocycles. The Kier molecular flexibility index (Phi) is 1.38. The Labute approximate surface area is 67.2 Å². The molecule has 4 nitrogen and oxygen atoms in total. The van der Waals surface area contributed by atoms with E-state index in [1.165, 1.54) is 0 Å². The summed E-state index contributed by atoms with van der Waals surface area (Å²) in [6, 6.07) is 0. The third-order valence-corrected chi connectivity index (χ3v) is 2.22. The second-order valence-corrected chi connectivity index (χ2v) is 3.11. The van der Waals surface area contributed by atoms with Crippen molar-refractivity contribution in [1.29, 1.82) is 0 Å². The molecule has 1 saturated carbocycles. The Morgan fingerprint density at radius 1 is 1.55 bits per heavy atom. The largest absolute Gasteiger partial charge is 0.476 e. The summed E-state index contributed by atoms with van der Waals surface area (Å²) in [7, 11) is 0. The van der Waals surface area contributed by atoms with Crippen molar-refractivity contribution in [2.45, 2.75) is 18.8 Å². The van der Waals surface area contributed by atoms with Gasteiger partial charge >= 0.3 is 5.97 Å². The van der Waals surface area contributed by atoms with Crippen LogP contribution in [0, 0.1) is 0 Å². The molecule has 1 fully saturated rings. The smallest absolute Gasteiger partial charge is 0.357 e. The fourth-order valence-electron chi connectivity index (χ4n) is 0.968. The number of carbonyl (C=O) groups is 1. The lowest BCUT2D eigenvalue weighted by atomic mass is 10.2. The Hall–Kier alpha value is -0.970. The van der Waals surface area contributed by atoms with Gasteiger partial charge in [0.25, 0.3) is 0 Å². The van der Waals surface area contributed by atoms with E-state index in [1.54, 1.807) is 0 Å². The predicted molar refractivity (Wildman–Crippen MR) is 38.8 cm³/mol. The van der Waals surface area contributed by atoms with Crippen LogP contribution in [-0.2, 0) is 0 Å². The molecule has 1 aliphatic carbocycles. The maximum atomic E-state index is 10.5. The fraction of sp³-hybridized carbons (Fsp3) is 0.500. The second-order valence-electron chi connectivity index (χ2n) is 2.58. The molecule has 0 aliphatic heterocycles. The standard InChI is InChI=1S/C6H6N2O2S/c9-6(10)5-4(3-1-2-3)7-11-8-5/h3H,1-2H2,(H,9,10). The van der Waals surface area contributed by atoms with E-state index in [0.29, 0.717) is 11.6 Å². The van der Waals surface area contributed by atoms with Crippen molar-refractivity contribution in [3.05, 3.63) is 11.4 Å². The van der Waals surface area contributed by atoms with Gasteiger partial charge in [-0.15, -0.1) is 0 Å². The molecule has 5 heteroatoms. The summed E-state index contributed by atoms with van der Waals surface area (Å²) in [5.41, 5.74) is 0.833. The lowest BCUT2D eigenvalue weighted by Gasteiger charge is -1.89. The zero-order chi connectivity index (χ0) is 7.84. The number of carboxylic acids is 1. The minimum Gasteiger partial charge on any atom is -0.476 e. The van der Waals surface area contributed by atoms with Gasteiger partial charge in [-0.25, -0.2) is 4.79 Å². The summed E-state index contributed by atoms with van der Waals surface area (Å²) in [6.07, 6.45) is 2.12. The minimum atomic E-state index is -0.958. The van der Waals surface area contributed by atoms with Gasteiger partial charge in [-0.05, 0) is 12.8 Å². The van der Waals surface area contributed by atoms with E-state index < -0.39 is 5.97 Å². The van der Waals surface area contributed by atoms with Crippen molar-refractivity contribution >= 4 is 17.7 Å². The SMILES string of the molecule is O=C(O)c1nsnc1C1CC1. The van der Waals surface area contributed by atoms with Crippen LogP contribution >= 0.6 is 11.7 Å². The molecule has 1 aromatic heterocycles. The van der Waals surface area contributed by atoms with Crippen molar-refractivity contribution in [2.24, 2.45) is 0 Å². The normalized spacial score (nSPS) is 16.7. The van der Waals surface area contributed by atoms with Crippen LogP contribution in [0.25, 0.3) is 0 Å². The molecular formula is C6H6N2O2S. The van der Waals surface area contributed by atoms with Gasteiger partial charge in [-0.2, -0.15) is 8.75 Å². The number of aromatic nitrogens is 2. The van der Waals surface area contributed by atoms with Crippen LogP contribution in [0.3, 0.4) is 0 Å². The quantitative estimate of drug-likeness (QED) is 0.722. The third-order valence-electron chi connectivity index (χ3n) is 1.68. The van der Waals surface area contributed by atoms with Gasteiger partial charge in [-0.1, -0.05) is 0 Å². The van der Waals surface area contributed by atoms with Gasteiger partial charge in [0.1, 0.15) is 0 Å². The third kappa shape index (κ3) is 1.11. The number of aromatic carboxylic acids is 1. The van der Waals surface area contributed by atoms with Crippen LogP contribution in [0.5, 0.6) is 0 Å². The van der Waals surface area contributed by atoms with Gasteiger partial charge in [0.15, 0.2) is 5.69 Å². The second kappa shape index (κ2) is 2.27. The van der Waals surface area contributed by atoms with Crippen LogP contribution in [-0.4, -0.2) is 19.8 Å². The lowest BCUT2D eigenvalue weighted by molar-refractivity contribution is 0.0690. The van der Waals surface area contributed by atoms with Crippen molar-refractivity contribution in [1.82, 2.24) is 8.75 Å². The van der Waals surface area contributed by atoms with Crippen LogP contribution in [0.4, 0.5) is 0 Å². The first-order valence-electron chi connectivity index (χ1n) is 3.35. The molecule has 2 rings (SSSR count). The molecule has 0 amide bonds. The highest BCUT2D eigenvalue weighted by atomic mass is 32.1. The Balaban J connectivity index is 2.37. The highest BCUT2D eigenvalue weighted by Crippen LogP contribution is 2.40. The first-order valence-corrected chi connectivity index (χ1v) is 4.08. The maximum absolute atomic E-state index is 10.5. The number of rotatable bonds is 2. The molecule has 0 aromatic carbocycles. The van der Waals surface area contributed by atoms with Crippen molar-refractivity contribution in [3.63, 3.8) is 0 Å². The molecule has 0 unspecified atom stereocenters. The van der Waals surface area contributed by atoms with E-state index in [0.717, 1.165) is 24.6 Å². The molecule has 0 spiro atoms. The van der Waals surface area contributed by atoms with E-state index >= 15 is 0 Å². The van der Waals surface area contributed by atoms with Crippen molar-refractivity contribution < 1.29 is 9.90 Å². The molecule has 1 N–H and O–H groups in total. The molecule has 1 aromatic rings. The molecule has 0 radical (unpaired) electrons. The minimum absolute atomic E-state index is 0.150. The van der Waals surface area contributed by atoms with Gasteiger partial charge in [0, 0.05) is 5.92 Å². The highest BCUT2D eigenvalue weighted by Gasteiger charge is 2.31. The molecule has 0 bridgehead atoms. The summed E-state index contributed by atoms with van der Waals surface area (Å²) in [5.74, 6) is -0.583. The molecule has 58 valence electrons. The van der Waals surface area contributed by atoms with E-state index in [2.05, 4.69) is 8.75 Å². The van der Waals surface area contributed by atoms with Gasteiger partial charge in [0.2, 0.25) is 0 Å². The number of hydrogen-bond acceptors (Lipinski definition) is 4. The number of nitrogens with zero attached hydrogens (tertiary/aromatic N) is 2. The van der Waals surface area contributed by atoms with Gasteiger partial charge in [-0.3, -0.25) is 0 Å². The van der Waals surface area contributed by atoms with Crippen molar-refractivity contribution in [3.8, 4) is 0 Å². The molecule has 11 heavy (non-hydrogen) atoms. The Morgan fingerprint density at radius 3 is 2.82 bits per heavy atom. The monoisotopic (exact) mass is 170 g/mol. The number of carboxylic acid groups (broad SMARTS) is 1. The molecule has 0 atom stereocenters. The van der Waals surface area contributed by atoms with E-state index in [1.807, 2.05) is 0 Å². The van der Waals surface area contributed by atoms with E-state index in [-0.39, 0.29) is 5.69 Å². The summed E-state index contributed by atoms with van der Waals surface area (Å²) < 4.78 is 7.66. The molecule has 0 saturated heterocycles. The Morgan fingerprint density at radius 2 is 2.27 bits per heavy atom. The first kappa shape index (κ1) is 6.72. The zero-order valence-electron chi connectivity index (χ0n) is 5.65. The maximum Gasteiger partial charge on any atom is 0.357 e. The molecular weight excluding hydrogens is 164 g/mol. The van der Waals surface area contributed by atoms with Crippen LogP contribution in [0.2, 0.25) is 0 Å². The summed E-state index contributed by atoms with van der Waals surface area (Å²) in [5, 5.41) is 8.64. The first-order chi connectivity index (χ1) is 5.29. The average Bonchev–Trinajstić information content (AvgIpc) is 2.68. The Bertz CT molecular complexity index is 293. The summed E-state index contributed by atoms with van der Waals surface area (Å²) >= 11 is 0.982. The van der Waals surface area contributed by atoms with Gasteiger partial charge < -0.3 is 5.11 Å². The summed E-state index contributed by atoms with van der Waals surface area (Å²) in [6.45, 7) is 0. The van der Waals surface area contributed by atoms with Crippen LogP contribution in [0.15, 0.2) is 0 Å². The van der Waals surface area contributed by atoms with Crippen LogP contribution < -0.4 is 0 Å². The topological polar surface area (TPSA) is 63.1 Å². The highest BCUT2D eigenvalue weighted by molar-refractivity contribution is 6.99. The average molecular weight is 170 g/mol. The predicted octanol–water partition coefficient (Wildman–Crippen LogP) is 1.11. The fourth-order valence-corrected chi connectivity index (χ4v) is 1.59. The van der Waals surface area contributed by atoms with Gasteiger partial charge in [0.05, 0.1) is 17.4 Å².